The van der Waals surface area contributed by atoms with Crippen molar-refractivity contribution in [3.8, 4) is 0 Å². The van der Waals surface area contributed by atoms with Gasteiger partial charge in [-0.15, -0.1) is 0 Å². The molecule has 0 unspecified atom stereocenters. The lowest BCUT2D eigenvalue weighted by Gasteiger charge is -1.88. The van der Waals surface area contributed by atoms with E-state index in [9.17, 15) is 4.57 Å². The Kier molecular flexibility index (Phi) is 0.911. The van der Waals surface area contributed by atoms with Gasteiger partial charge in [-0.05, 0) is 0 Å². The number of hydrogen-bond donors (Lipinski definition) is 1. The Morgan fingerprint density at radius 1 is 1.29 bits per heavy atom. The fourth-order valence-corrected chi connectivity index (χ4v) is 1.19. The predicted molar refractivity (Wildman–Crippen MR) is 28.1 cm³/mol. The zero-order chi connectivity index (χ0) is 5.33. The molecule has 2 nitrogen and oxygen atoms in total. The second-order valence-corrected chi connectivity index (χ2v) is 3.30. The SMILES string of the molecule is O=P1(O)C=CC=C1. The quantitative estimate of drug-likeness (QED) is 0.484. The molecule has 0 atom stereocenters. The minimum Gasteiger partial charge on any atom is -0.339 e. The zero-order valence-electron chi connectivity index (χ0n) is 3.61. The van der Waals surface area contributed by atoms with Crippen molar-refractivity contribution in [3.05, 3.63) is 23.8 Å². The molecule has 38 valence electrons. The van der Waals surface area contributed by atoms with Gasteiger partial charge in [0, 0.05) is 11.6 Å². The summed E-state index contributed by atoms with van der Waals surface area (Å²) < 4.78 is 10.4. The molecule has 0 saturated carbocycles. The highest BCUT2D eigenvalue weighted by Crippen LogP contribution is 2.46. The topological polar surface area (TPSA) is 37.3 Å². The molecule has 0 spiro atoms. The van der Waals surface area contributed by atoms with Crippen LogP contribution in [0.5, 0.6) is 0 Å². The molecule has 0 aromatic carbocycles. The van der Waals surface area contributed by atoms with Crippen LogP contribution in [-0.4, -0.2) is 4.89 Å². The van der Waals surface area contributed by atoms with Gasteiger partial charge in [-0.3, -0.25) is 4.57 Å². The van der Waals surface area contributed by atoms with Gasteiger partial charge in [0.05, 0.1) is 0 Å². The van der Waals surface area contributed by atoms with Crippen molar-refractivity contribution in [2.75, 3.05) is 0 Å². The van der Waals surface area contributed by atoms with Gasteiger partial charge in [-0.25, -0.2) is 0 Å². The Balaban J connectivity index is 2.99. The molecule has 1 aliphatic heterocycles. The van der Waals surface area contributed by atoms with Crippen molar-refractivity contribution >= 4 is 7.37 Å². The van der Waals surface area contributed by atoms with Gasteiger partial charge in [0.1, 0.15) is 0 Å². The standard InChI is InChI=1S/C4H5O2P/c5-7(6)3-1-2-4-7/h1-4H,(H,5,6). The van der Waals surface area contributed by atoms with Crippen LogP contribution in [0.2, 0.25) is 0 Å². The van der Waals surface area contributed by atoms with Crippen LogP contribution in [0.1, 0.15) is 0 Å². The molecule has 0 aromatic rings. The van der Waals surface area contributed by atoms with Crippen LogP contribution in [0, 0.1) is 0 Å². The molecule has 0 radical (unpaired) electrons. The molecule has 0 amide bonds. The van der Waals surface area contributed by atoms with Gasteiger partial charge in [-0.2, -0.15) is 0 Å². The van der Waals surface area contributed by atoms with Crippen molar-refractivity contribution in [1.82, 2.24) is 0 Å². The summed E-state index contributed by atoms with van der Waals surface area (Å²) in [4.78, 5) is 8.58. The highest BCUT2D eigenvalue weighted by atomic mass is 31.2. The summed E-state index contributed by atoms with van der Waals surface area (Å²) in [6.07, 6.45) is 3.14. The lowest BCUT2D eigenvalue weighted by molar-refractivity contribution is 0.500. The summed E-state index contributed by atoms with van der Waals surface area (Å²) >= 11 is 0. The average molecular weight is 116 g/mol. The van der Waals surface area contributed by atoms with E-state index in [0.29, 0.717) is 0 Å². The molecule has 0 bridgehead atoms. The molecule has 1 N–H and O–H groups in total. The first kappa shape index (κ1) is 4.82. The lowest BCUT2D eigenvalue weighted by Crippen LogP contribution is -1.57. The van der Waals surface area contributed by atoms with Crippen LogP contribution in [0.3, 0.4) is 0 Å². The summed E-state index contributed by atoms with van der Waals surface area (Å²) in [6, 6.07) is 0. The largest absolute Gasteiger partial charge is 0.339 e. The van der Waals surface area contributed by atoms with E-state index >= 15 is 0 Å². The van der Waals surface area contributed by atoms with E-state index in [-0.39, 0.29) is 0 Å². The Labute approximate surface area is 41.6 Å². The molecule has 0 aliphatic carbocycles. The van der Waals surface area contributed by atoms with Crippen LogP contribution in [-0.2, 0) is 4.57 Å². The normalized spacial score (nSPS) is 23.6. The van der Waals surface area contributed by atoms with E-state index in [1.807, 2.05) is 0 Å². The van der Waals surface area contributed by atoms with E-state index in [2.05, 4.69) is 0 Å². The summed E-state index contributed by atoms with van der Waals surface area (Å²) in [5, 5.41) is 0. The molecule has 1 aliphatic rings. The third-order valence-corrected chi connectivity index (χ3v) is 1.91. The van der Waals surface area contributed by atoms with E-state index < -0.39 is 7.37 Å². The first-order valence-corrected chi connectivity index (χ1v) is 3.70. The predicted octanol–water partition coefficient (Wildman–Crippen LogP) is 1.30. The fourth-order valence-electron chi connectivity index (χ4n) is 0.396. The van der Waals surface area contributed by atoms with Gasteiger partial charge in [-0.1, -0.05) is 12.2 Å². The molecule has 1 heterocycles. The molecule has 7 heavy (non-hydrogen) atoms. The van der Waals surface area contributed by atoms with Gasteiger partial charge in [0.25, 0.3) is 0 Å². The van der Waals surface area contributed by atoms with Gasteiger partial charge in [0.2, 0.25) is 7.37 Å². The number of hydrogen-bond acceptors (Lipinski definition) is 1. The Bertz CT molecular complexity index is 153. The van der Waals surface area contributed by atoms with Gasteiger partial charge >= 0.3 is 0 Å². The number of rotatable bonds is 0. The summed E-state index contributed by atoms with van der Waals surface area (Å²) in [5.74, 6) is 2.60. The van der Waals surface area contributed by atoms with Crippen LogP contribution in [0.15, 0.2) is 23.8 Å². The van der Waals surface area contributed by atoms with Crippen molar-refractivity contribution in [2.24, 2.45) is 0 Å². The van der Waals surface area contributed by atoms with Crippen LogP contribution in [0.4, 0.5) is 0 Å². The second kappa shape index (κ2) is 1.32. The molecular formula is C4H5O2P. The van der Waals surface area contributed by atoms with Crippen molar-refractivity contribution in [1.29, 1.82) is 0 Å². The van der Waals surface area contributed by atoms with Crippen molar-refractivity contribution in [3.63, 3.8) is 0 Å². The molecule has 0 saturated heterocycles. The second-order valence-electron chi connectivity index (χ2n) is 1.36. The molecule has 0 aromatic heterocycles. The van der Waals surface area contributed by atoms with Crippen LogP contribution >= 0.6 is 7.37 Å². The maximum Gasteiger partial charge on any atom is 0.244 e. The highest BCUT2D eigenvalue weighted by molar-refractivity contribution is 7.64. The smallest absolute Gasteiger partial charge is 0.244 e. The first-order chi connectivity index (χ1) is 3.21. The maximum atomic E-state index is 10.4. The van der Waals surface area contributed by atoms with Gasteiger partial charge < -0.3 is 4.89 Å². The minimum atomic E-state index is -2.90. The van der Waals surface area contributed by atoms with E-state index in [0.717, 1.165) is 0 Å². The molecule has 1 rings (SSSR count). The maximum absolute atomic E-state index is 10.4. The van der Waals surface area contributed by atoms with Crippen molar-refractivity contribution < 1.29 is 9.46 Å². The molecule has 0 fully saturated rings. The Morgan fingerprint density at radius 2 is 1.71 bits per heavy atom. The Morgan fingerprint density at radius 3 is 1.86 bits per heavy atom. The summed E-state index contributed by atoms with van der Waals surface area (Å²) in [5.41, 5.74) is 0. The molecule has 3 heteroatoms. The third-order valence-electron chi connectivity index (χ3n) is 0.710. The monoisotopic (exact) mass is 116 g/mol. The van der Waals surface area contributed by atoms with E-state index in [1.54, 1.807) is 12.2 Å². The lowest BCUT2D eigenvalue weighted by atomic mass is 10.6. The van der Waals surface area contributed by atoms with Crippen LogP contribution < -0.4 is 0 Å². The minimum absolute atomic E-state index is 1.30. The van der Waals surface area contributed by atoms with Crippen molar-refractivity contribution in [2.45, 2.75) is 0 Å². The first-order valence-electron chi connectivity index (χ1n) is 1.90. The van der Waals surface area contributed by atoms with Crippen LogP contribution in [0.25, 0.3) is 0 Å². The summed E-state index contributed by atoms with van der Waals surface area (Å²) in [6.45, 7) is 0. The Hall–Kier alpha value is -0.330. The van der Waals surface area contributed by atoms with E-state index in [1.165, 1.54) is 11.6 Å². The average Bonchev–Trinajstić information content (AvgIpc) is 1.84. The molecular weight excluding hydrogens is 111 g/mol. The highest BCUT2D eigenvalue weighted by Gasteiger charge is 2.09. The number of allylic oxidation sites excluding steroid dienone is 2. The fraction of sp³-hybridized carbons (Fsp3) is 0. The third kappa shape index (κ3) is 1.02. The van der Waals surface area contributed by atoms with E-state index in [4.69, 9.17) is 4.89 Å². The van der Waals surface area contributed by atoms with Gasteiger partial charge in [0.15, 0.2) is 0 Å². The summed E-state index contributed by atoms with van der Waals surface area (Å²) in [7, 11) is -2.90. The zero-order valence-corrected chi connectivity index (χ0v) is 4.51.